The SMILES string of the molecule is CC.NC(=O)COCc1ccccc1. The second kappa shape index (κ2) is 8.26. The predicted octanol–water partition coefficient (Wildman–Crippen LogP) is 1.71. The Kier molecular flexibility index (Phi) is 7.46. The van der Waals surface area contributed by atoms with E-state index in [0.717, 1.165) is 5.56 Å². The molecule has 0 unspecified atom stereocenters. The van der Waals surface area contributed by atoms with Crippen LogP contribution in [0.4, 0.5) is 0 Å². The standard InChI is InChI=1S/C9H11NO2.C2H6/c10-9(11)7-12-6-8-4-2-1-3-5-8;1-2/h1-5H,6-7H2,(H2,10,11);1-2H3. The molecule has 1 rings (SSSR count). The fourth-order valence-electron chi connectivity index (χ4n) is 0.844. The van der Waals surface area contributed by atoms with Crippen LogP contribution in [0, 0.1) is 0 Å². The summed E-state index contributed by atoms with van der Waals surface area (Å²) < 4.78 is 5.01. The lowest BCUT2D eigenvalue weighted by Gasteiger charge is -2.00. The molecule has 0 aliphatic rings. The summed E-state index contributed by atoms with van der Waals surface area (Å²) in [7, 11) is 0. The van der Waals surface area contributed by atoms with Gasteiger partial charge < -0.3 is 10.5 Å². The van der Waals surface area contributed by atoms with Crippen LogP contribution in [0.15, 0.2) is 30.3 Å². The van der Waals surface area contributed by atoms with E-state index in [-0.39, 0.29) is 6.61 Å². The molecule has 1 aromatic carbocycles. The van der Waals surface area contributed by atoms with E-state index in [1.807, 2.05) is 44.2 Å². The minimum atomic E-state index is -0.439. The predicted molar refractivity (Wildman–Crippen MR) is 56.6 cm³/mol. The molecule has 1 aromatic rings. The highest BCUT2D eigenvalue weighted by atomic mass is 16.5. The first-order valence-corrected chi connectivity index (χ1v) is 4.69. The Balaban J connectivity index is 0.000000791. The van der Waals surface area contributed by atoms with Crippen LogP contribution in [-0.2, 0) is 16.1 Å². The summed E-state index contributed by atoms with van der Waals surface area (Å²) in [4.78, 5) is 10.3. The summed E-state index contributed by atoms with van der Waals surface area (Å²) in [5, 5.41) is 0. The molecule has 0 aliphatic carbocycles. The van der Waals surface area contributed by atoms with Gasteiger partial charge in [-0.25, -0.2) is 0 Å². The molecule has 2 N–H and O–H groups in total. The lowest BCUT2D eigenvalue weighted by atomic mass is 10.2. The fraction of sp³-hybridized carbons (Fsp3) is 0.364. The van der Waals surface area contributed by atoms with Crippen LogP contribution < -0.4 is 5.73 Å². The third-order valence-corrected chi connectivity index (χ3v) is 1.36. The maximum absolute atomic E-state index is 10.3. The largest absolute Gasteiger partial charge is 0.368 e. The highest BCUT2D eigenvalue weighted by Crippen LogP contribution is 1.99. The van der Waals surface area contributed by atoms with Gasteiger partial charge in [0.2, 0.25) is 5.91 Å². The number of carbonyl (C=O) groups is 1. The highest BCUT2D eigenvalue weighted by molar-refractivity contribution is 5.74. The van der Waals surface area contributed by atoms with Crippen LogP contribution in [0.5, 0.6) is 0 Å². The van der Waals surface area contributed by atoms with Gasteiger partial charge in [-0.2, -0.15) is 0 Å². The van der Waals surface area contributed by atoms with Crippen molar-refractivity contribution in [3.8, 4) is 0 Å². The van der Waals surface area contributed by atoms with Gasteiger partial charge in [0, 0.05) is 0 Å². The van der Waals surface area contributed by atoms with E-state index in [0.29, 0.717) is 6.61 Å². The van der Waals surface area contributed by atoms with Crippen molar-refractivity contribution in [2.24, 2.45) is 5.73 Å². The van der Waals surface area contributed by atoms with Crippen molar-refractivity contribution in [2.45, 2.75) is 20.5 Å². The molecular formula is C11H17NO2. The van der Waals surface area contributed by atoms with Gasteiger partial charge in [0.15, 0.2) is 0 Å². The fourth-order valence-corrected chi connectivity index (χ4v) is 0.844. The van der Waals surface area contributed by atoms with Crippen LogP contribution in [0.25, 0.3) is 0 Å². The average Bonchev–Trinajstić information content (AvgIpc) is 2.22. The molecule has 0 fully saturated rings. The second-order valence-corrected chi connectivity index (χ2v) is 2.44. The molecule has 0 saturated heterocycles. The summed E-state index contributed by atoms with van der Waals surface area (Å²) >= 11 is 0. The van der Waals surface area contributed by atoms with Crippen molar-refractivity contribution < 1.29 is 9.53 Å². The first-order valence-electron chi connectivity index (χ1n) is 4.69. The van der Waals surface area contributed by atoms with Crippen molar-refractivity contribution in [1.29, 1.82) is 0 Å². The number of hydrogen-bond donors (Lipinski definition) is 1. The molecule has 0 aliphatic heterocycles. The van der Waals surface area contributed by atoms with Gasteiger partial charge >= 0.3 is 0 Å². The molecule has 0 atom stereocenters. The van der Waals surface area contributed by atoms with Gasteiger partial charge in [0.05, 0.1) is 6.61 Å². The van der Waals surface area contributed by atoms with Gasteiger partial charge in [-0.1, -0.05) is 44.2 Å². The number of rotatable bonds is 4. The van der Waals surface area contributed by atoms with Gasteiger partial charge in [-0.15, -0.1) is 0 Å². The molecule has 3 heteroatoms. The Morgan fingerprint density at radius 3 is 2.36 bits per heavy atom. The Bertz CT molecular complexity index is 247. The summed E-state index contributed by atoms with van der Waals surface area (Å²) in [6, 6.07) is 9.63. The number of ether oxygens (including phenoxy) is 1. The maximum atomic E-state index is 10.3. The Labute approximate surface area is 84.9 Å². The molecule has 3 nitrogen and oxygen atoms in total. The minimum Gasteiger partial charge on any atom is -0.368 e. The molecule has 0 heterocycles. The van der Waals surface area contributed by atoms with Gasteiger partial charge in [-0.3, -0.25) is 4.79 Å². The zero-order chi connectivity index (χ0) is 10.8. The van der Waals surface area contributed by atoms with Gasteiger partial charge in [0.1, 0.15) is 6.61 Å². The first kappa shape index (κ1) is 12.7. The molecule has 0 bridgehead atoms. The quantitative estimate of drug-likeness (QED) is 0.795. The number of nitrogens with two attached hydrogens (primary N) is 1. The number of benzene rings is 1. The smallest absolute Gasteiger partial charge is 0.243 e. The normalized spacial score (nSPS) is 8.71. The molecule has 0 aromatic heterocycles. The van der Waals surface area contributed by atoms with Crippen molar-refractivity contribution in [1.82, 2.24) is 0 Å². The van der Waals surface area contributed by atoms with Crippen LogP contribution in [-0.4, -0.2) is 12.5 Å². The van der Waals surface area contributed by atoms with E-state index in [9.17, 15) is 4.79 Å². The van der Waals surface area contributed by atoms with Crippen molar-refractivity contribution in [3.63, 3.8) is 0 Å². The zero-order valence-electron chi connectivity index (χ0n) is 8.69. The molecule has 0 spiro atoms. The Morgan fingerprint density at radius 1 is 1.29 bits per heavy atom. The topological polar surface area (TPSA) is 52.3 Å². The van der Waals surface area contributed by atoms with E-state index >= 15 is 0 Å². The van der Waals surface area contributed by atoms with E-state index < -0.39 is 5.91 Å². The van der Waals surface area contributed by atoms with Gasteiger partial charge in [0.25, 0.3) is 0 Å². The summed E-state index contributed by atoms with van der Waals surface area (Å²) in [6.07, 6.45) is 0. The number of amides is 1. The molecule has 0 saturated carbocycles. The zero-order valence-corrected chi connectivity index (χ0v) is 8.69. The lowest BCUT2D eigenvalue weighted by molar-refractivity contribution is -0.122. The second-order valence-electron chi connectivity index (χ2n) is 2.44. The van der Waals surface area contributed by atoms with E-state index in [2.05, 4.69) is 0 Å². The third-order valence-electron chi connectivity index (χ3n) is 1.36. The lowest BCUT2D eigenvalue weighted by Crippen LogP contribution is -2.17. The molecule has 78 valence electrons. The highest BCUT2D eigenvalue weighted by Gasteiger charge is 1.94. The van der Waals surface area contributed by atoms with Crippen LogP contribution in [0.1, 0.15) is 19.4 Å². The minimum absolute atomic E-state index is 0.0190. The third kappa shape index (κ3) is 6.20. The van der Waals surface area contributed by atoms with E-state index in [1.54, 1.807) is 0 Å². The molecular weight excluding hydrogens is 178 g/mol. The number of hydrogen-bond acceptors (Lipinski definition) is 2. The summed E-state index contributed by atoms with van der Waals surface area (Å²) in [5.41, 5.74) is 5.93. The summed E-state index contributed by atoms with van der Waals surface area (Å²) in [5.74, 6) is -0.439. The Morgan fingerprint density at radius 2 is 1.86 bits per heavy atom. The van der Waals surface area contributed by atoms with Gasteiger partial charge in [-0.05, 0) is 5.56 Å². The first-order chi connectivity index (χ1) is 6.79. The van der Waals surface area contributed by atoms with Crippen LogP contribution >= 0.6 is 0 Å². The average molecular weight is 195 g/mol. The van der Waals surface area contributed by atoms with Crippen molar-refractivity contribution >= 4 is 5.91 Å². The van der Waals surface area contributed by atoms with Crippen molar-refractivity contribution in [3.05, 3.63) is 35.9 Å². The van der Waals surface area contributed by atoms with E-state index in [4.69, 9.17) is 10.5 Å². The number of primary amides is 1. The molecule has 14 heavy (non-hydrogen) atoms. The van der Waals surface area contributed by atoms with Crippen molar-refractivity contribution in [2.75, 3.05) is 6.61 Å². The van der Waals surface area contributed by atoms with Crippen LogP contribution in [0.2, 0.25) is 0 Å². The molecule has 0 radical (unpaired) electrons. The van der Waals surface area contributed by atoms with E-state index in [1.165, 1.54) is 0 Å². The molecule has 1 amide bonds. The monoisotopic (exact) mass is 195 g/mol. The Hall–Kier alpha value is -1.35. The number of carbonyl (C=O) groups excluding carboxylic acids is 1. The maximum Gasteiger partial charge on any atom is 0.243 e. The van der Waals surface area contributed by atoms with Crippen LogP contribution in [0.3, 0.4) is 0 Å². The summed E-state index contributed by atoms with van der Waals surface area (Å²) in [6.45, 7) is 4.42.